The Labute approximate surface area is 160 Å². The van der Waals surface area contributed by atoms with Crippen LogP contribution in [-0.4, -0.2) is 21.3 Å². The van der Waals surface area contributed by atoms with Crippen LogP contribution in [0, 0.1) is 0 Å². The van der Waals surface area contributed by atoms with Crippen molar-refractivity contribution in [1.29, 1.82) is 0 Å². The molecule has 0 saturated carbocycles. The number of benzene rings is 3. The van der Waals surface area contributed by atoms with Crippen molar-refractivity contribution in [2.75, 3.05) is 21.3 Å². The van der Waals surface area contributed by atoms with E-state index in [1.165, 1.54) is 19.6 Å². The van der Waals surface area contributed by atoms with E-state index in [4.69, 9.17) is 14.2 Å². The molecule has 26 heavy (non-hydrogen) atoms. The fraction of sp³-hybridized carbons (Fsp3) is 0.143. The summed E-state index contributed by atoms with van der Waals surface area (Å²) in [5.41, 5.74) is 0. The van der Waals surface area contributed by atoms with E-state index >= 15 is 0 Å². The van der Waals surface area contributed by atoms with Crippen molar-refractivity contribution >= 4 is 22.7 Å². The zero-order chi connectivity index (χ0) is 18.1. The second-order valence-corrected chi connectivity index (χ2v) is 8.65. The van der Waals surface area contributed by atoms with Crippen LogP contribution in [0.5, 0.6) is 17.2 Å². The molecule has 1 aliphatic rings. The van der Waals surface area contributed by atoms with Gasteiger partial charge in [-0.15, -0.1) is 0 Å². The monoisotopic (exact) mass is 383 g/mol. The molecule has 0 atom stereocenters. The van der Waals surface area contributed by atoms with Gasteiger partial charge in [0, 0.05) is 6.07 Å². The highest BCUT2D eigenvalue weighted by Crippen LogP contribution is 2.52. The first-order valence-electron chi connectivity index (χ1n) is 8.17. The van der Waals surface area contributed by atoms with Crippen LogP contribution in [0.1, 0.15) is 0 Å². The molecule has 3 nitrogen and oxygen atoms in total. The van der Waals surface area contributed by atoms with Crippen LogP contribution >= 0.6 is 11.8 Å². The highest BCUT2D eigenvalue weighted by molar-refractivity contribution is 8.04. The first-order chi connectivity index (χ1) is 12.8. The number of rotatable bonds is 4. The van der Waals surface area contributed by atoms with Gasteiger partial charge >= 0.3 is 0 Å². The van der Waals surface area contributed by atoms with Crippen LogP contribution in [0.2, 0.25) is 0 Å². The van der Waals surface area contributed by atoms with Gasteiger partial charge in [-0.1, -0.05) is 36.0 Å². The van der Waals surface area contributed by atoms with E-state index in [1.54, 1.807) is 21.3 Å². The van der Waals surface area contributed by atoms with Crippen molar-refractivity contribution in [1.82, 2.24) is 0 Å². The summed E-state index contributed by atoms with van der Waals surface area (Å²) < 4.78 is 16.9. The van der Waals surface area contributed by atoms with Gasteiger partial charge in [0.25, 0.3) is 0 Å². The van der Waals surface area contributed by atoms with E-state index in [2.05, 4.69) is 54.6 Å². The normalized spacial score (nSPS) is 12.9. The lowest BCUT2D eigenvalue weighted by molar-refractivity contribution is 0.319. The van der Waals surface area contributed by atoms with Crippen LogP contribution in [0.15, 0.2) is 85.1 Å². The fourth-order valence-corrected chi connectivity index (χ4v) is 6.98. The minimum absolute atomic E-state index is 0.273. The summed E-state index contributed by atoms with van der Waals surface area (Å²) in [7, 11) is 4.69. The standard InChI is InChI=1S/C21H19O3S2/c1-22-14-12-13-19(21(24-3)20(14)23-2)26-17-10-6-4-8-15(17)25-16-9-5-7-11-18(16)26/h4-13H,1-3H3/q+1. The first-order valence-corrected chi connectivity index (χ1v) is 10.2. The van der Waals surface area contributed by atoms with Gasteiger partial charge < -0.3 is 14.2 Å². The Hall–Kier alpha value is -2.24. The predicted octanol–water partition coefficient (Wildman–Crippen LogP) is 5.27. The van der Waals surface area contributed by atoms with Gasteiger partial charge in [0.1, 0.15) is 10.9 Å². The van der Waals surface area contributed by atoms with E-state index in [0.29, 0.717) is 11.5 Å². The van der Waals surface area contributed by atoms with E-state index < -0.39 is 0 Å². The minimum atomic E-state index is -0.273. The van der Waals surface area contributed by atoms with Crippen LogP contribution in [0.3, 0.4) is 0 Å². The summed E-state index contributed by atoms with van der Waals surface area (Å²) >= 11 is 1.82. The molecule has 3 aromatic carbocycles. The second kappa shape index (κ2) is 7.17. The maximum Gasteiger partial charge on any atom is 0.221 e. The highest BCUT2D eigenvalue weighted by atomic mass is 32.2. The molecule has 0 radical (unpaired) electrons. The van der Waals surface area contributed by atoms with E-state index in [1.807, 2.05) is 17.8 Å². The third kappa shape index (κ3) is 2.72. The van der Waals surface area contributed by atoms with Gasteiger partial charge in [-0.05, 0) is 30.3 Å². The van der Waals surface area contributed by atoms with Gasteiger partial charge in [0.2, 0.25) is 16.4 Å². The molecule has 132 valence electrons. The van der Waals surface area contributed by atoms with Crippen LogP contribution in [0.25, 0.3) is 0 Å². The summed E-state index contributed by atoms with van der Waals surface area (Å²) in [6.07, 6.45) is 0. The Morgan fingerprint density at radius 3 is 1.73 bits per heavy atom. The third-order valence-corrected chi connectivity index (χ3v) is 8.01. The van der Waals surface area contributed by atoms with Gasteiger partial charge in [-0.25, -0.2) is 0 Å². The quantitative estimate of drug-likeness (QED) is 0.449. The van der Waals surface area contributed by atoms with Crippen LogP contribution < -0.4 is 14.2 Å². The number of methoxy groups -OCH3 is 3. The van der Waals surface area contributed by atoms with Crippen molar-refractivity contribution in [3.8, 4) is 17.2 Å². The molecule has 0 aromatic heterocycles. The van der Waals surface area contributed by atoms with E-state index in [-0.39, 0.29) is 10.9 Å². The van der Waals surface area contributed by atoms with Crippen molar-refractivity contribution in [2.24, 2.45) is 0 Å². The Morgan fingerprint density at radius 2 is 1.19 bits per heavy atom. The fourth-order valence-electron chi connectivity index (χ4n) is 3.11. The lowest BCUT2D eigenvalue weighted by Gasteiger charge is -2.21. The molecule has 0 amide bonds. The molecule has 3 aromatic rings. The molecule has 4 rings (SSSR count). The van der Waals surface area contributed by atoms with E-state index in [9.17, 15) is 0 Å². The van der Waals surface area contributed by atoms with Crippen molar-refractivity contribution in [3.05, 3.63) is 60.7 Å². The number of hydrogen-bond acceptors (Lipinski definition) is 4. The Kier molecular flexibility index (Phi) is 4.74. The highest BCUT2D eigenvalue weighted by Gasteiger charge is 2.41. The van der Waals surface area contributed by atoms with Crippen molar-refractivity contribution in [2.45, 2.75) is 24.5 Å². The number of fused-ring (bicyclic) bond motifs is 2. The molecule has 0 bridgehead atoms. The second-order valence-electron chi connectivity index (χ2n) is 5.63. The summed E-state index contributed by atoms with van der Waals surface area (Å²) in [4.78, 5) is 6.28. The van der Waals surface area contributed by atoms with Crippen LogP contribution in [-0.2, 0) is 10.9 Å². The van der Waals surface area contributed by atoms with Gasteiger partial charge in [-0.2, -0.15) is 0 Å². The molecule has 1 heterocycles. The first kappa shape index (κ1) is 17.2. The van der Waals surface area contributed by atoms with Gasteiger partial charge in [0.15, 0.2) is 15.5 Å². The Balaban J connectivity index is 1.99. The SMILES string of the molecule is COc1ccc([S+]2c3ccccc3Sc3ccccc32)c(OC)c1OC. The summed E-state index contributed by atoms with van der Waals surface area (Å²) in [5.74, 6) is 2.03. The van der Waals surface area contributed by atoms with Crippen molar-refractivity contribution < 1.29 is 14.2 Å². The molecule has 0 N–H and O–H groups in total. The Bertz CT molecular complexity index is 910. The predicted molar refractivity (Wildman–Crippen MR) is 105 cm³/mol. The third-order valence-electron chi connectivity index (χ3n) is 4.25. The molecule has 0 unspecified atom stereocenters. The molecule has 5 heteroatoms. The van der Waals surface area contributed by atoms with Crippen LogP contribution in [0.4, 0.5) is 0 Å². The molecule has 0 spiro atoms. The smallest absolute Gasteiger partial charge is 0.221 e. The zero-order valence-corrected chi connectivity index (χ0v) is 16.4. The maximum absolute atomic E-state index is 5.79. The van der Waals surface area contributed by atoms with E-state index in [0.717, 1.165) is 10.6 Å². The maximum atomic E-state index is 5.79. The van der Waals surface area contributed by atoms with Crippen molar-refractivity contribution in [3.63, 3.8) is 0 Å². The Morgan fingerprint density at radius 1 is 0.615 bits per heavy atom. The summed E-state index contributed by atoms with van der Waals surface area (Å²) in [5, 5.41) is 0. The summed E-state index contributed by atoms with van der Waals surface area (Å²) in [6.45, 7) is 0. The minimum Gasteiger partial charge on any atom is -0.493 e. The largest absolute Gasteiger partial charge is 0.493 e. The molecule has 0 fully saturated rings. The summed E-state index contributed by atoms with van der Waals surface area (Å²) in [6, 6.07) is 21.2. The average Bonchev–Trinajstić information content (AvgIpc) is 2.70. The molecule has 0 aliphatic carbocycles. The number of hydrogen-bond donors (Lipinski definition) is 0. The number of ether oxygens (including phenoxy) is 3. The molecular formula is C21H19O3S2+. The van der Waals surface area contributed by atoms with Gasteiger partial charge in [-0.3, -0.25) is 0 Å². The molecular weight excluding hydrogens is 364 g/mol. The average molecular weight is 384 g/mol. The topological polar surface area (TPSA) is 27.7 Å². The zero-order valence-electron chi connectivity index (χ0n) is 14.8. The molecule has 1 aliphatic heterocycles. The van der Waals surface area contributed by atoms with Gasteiger partial charge in [0.05, 0.1) is 31.1 Å². The molecule has 0 saturated heterocycles. The lowest BCUT2D eigenvalue weighted by Crippen LogP contribution is -2.12. The lowest BCUT2D eigenvalue weighted by atomic mass is 10.3.